The maximum Gasteiger partial charge on any atom is 0.0198 e. The van der Waals surface area contributed by atoms with Crippen LogP contribution >= 0.6 is 0 Å². The van der Waals surface area contributed by atoms with E-state index in [9.17, 15) is 0 Å². The molecule has 0 spiro atoms. The van der Waals surface area contributed by atoms with Crippen LogP contribution in [-0.2, 0) is 0 Å². The van der Waals surface area contributed by atoms with Gasteiger partial charge in [-0.15, -0.1) is 0 Å². The van der Waals surface area contributed by atoms with Crippen LogP contribution in [0.4, 0.5) is 0 Å². The van der Waals surface area contributed by atoms with Gasteiger partial charge in [0.25, 0.3) is 0 Å². The molecule has 2 nitrogen and oxygen atoms in total. The van der Waals surface area contributed by atoms with Gasteiger partial charge in [0.05, 0.1) is 0 Å². The molecule has 1 N–H and O–H groups in total. The number of hydrogen-bond acceptors (Lipinski definition) is 2. The summed E-state index contributed by atoms with van der Waals surface area (Å²) in [6.07, 6.45) is 9.39. The van der Waals surface area contributed by atoms with E-state index in [4.69, 9.17) is 0 Å². The topological polar surface area (TPSA) is 15.3 Å². The van der Waals surface area contributed by atoms with Gasteiger partial charge in [0.2, 0.25) is 0 Å². The number of rotatable bonds is 2. The molecule has 2 heteroatoms. The van der Waals surface area contributed by atoms with Crippen molar-refractivity contribution < 1.29 is 0 Å². The summed E-state index contributed by atoms with van der Waals surface area (Å²) in [5.74, 6) is 5.55. The summed E-state index contributed by atoms with van der Waals surface area (Å²) in [5.41, 5.74) is 0. The standard InChI is InChI=1S/C16H28N2/c1-18-3-2-17-15(10-18)9-16-13-5-11-4-12(7-13)8-14(16)6-11/h11-17H,2-10H2,1H3. The molecule has 4 saturated carbocycles. The highest BCUT2D eigenvalue weighted by molar-refractivity contribution is 4.99. The Balaban J connectivity index is 1.42. The lowest BCUT2D eigenvalue weighted by Crippen LogP contribution is -2.52. The summed E-state index contributed by atoms with van der Waals surface area (Å²) >= 11 is 0. The fourth-order valence-corrected chi connectivity index (χ4v) is 5.90. The number of piperazine rings is 1. The molecule has 0 aromatic rings. The summed E-state index contributed by atoms with van der Waals surface area (Å²) in [5, 5.41) is 3.77. The molecular formula is C16H28N2. The smallest absolute Gasteiger partial charge is 0.0198 e. The van der Waals surface area contributed by atoms with Crippen LogP contribution in [0.15, 0.2) is 0 Å². The van der Waals surface area contributed by atoms with E-state index in [1.165, 1.54) is 26.1 Å². The van der Waals surface area contributed by atoms with Crippen LogP contribution in [0.3, 0.4) is 0 Å². The molecule has 4 bridgehead atoms. The van der Waals surface area contributed by atoms with Crippen molar-refractivity contribution in [2.75, 3.05) is 26.7 Å². The third-order valence-corrected chi connectivity index (χ3v) is 6.44. The second-order valence-electron chi connectivity index (χ2n) is 7.74. The van der Waals surface area contributed by atoms with E-state index >= 15 is 0 Å². The van der Waals surface area contributed by atoms with Gasteiger partial charge in [-0.1, -0.05) is 0 Å². The van der Waals surface area contributed by atoms with Crippen LogP contribution < -0.4 is 5.32 Å². The molecule has 1 aliphatic heterocycles. The van der Waals surface area contributed by atoms with Crippen molar-refractivity contribution in [3.8, 4) is 0 Å². The van der Waals surface area contributed by atoms with Gasteiger partial charge < -0.3 is 10.2 Å². The minimum atomic E-state index is 0.784. The van der Waals surface area contributed by atoms with Crippen LogP contribution in [0.2, 0.25) is 0 Å². The predicted octanol–water partition coefficient (Wildman–Crippen LogP) is 2.35. The molecule has 5 aliphatic rings. The van der Waals surface area contributed by atoms with Gasteiger partial charge in [-0.05, 0) is 75.2 Å². The normalized spacial score (nSPS) is 51.8. The summed E-state index contributed by atoms with van der Waals surface area (Å²) in [6, 6.07) is 0.784. The largest absolute Gasteiger partial charge is 0.311 e. The molecule has 102 valence electrons. The van der Waals surface area contributed by atoms with Gasteiger partial charge in [0.15, 0.2) is 0 Å². The van der Waals surface area contributed by atoms with E-state index < -0.39 is 0 Å². The molecule has 4 aliphatic carbocycles. The Kier molecular flexibility index (Phi) is 2.92. The average molecular weight is 248 g/mol. The van der Waals surface area contributed by atoms with Gasteiger partial charge in [-0.3, -0.25) is 0 Å². The predicted molar refractivity (Wildman–Crippen MR) is 74.4 cm³/mol. The molecule has 5 rings (SSSR count). The lowest BCUT2D eigenvalue weighted by molar-refractivity contribution is -0.0451. The number of nitrogens with one attached hydrogen (secondary N) is 1. The quantitative estimate of drug-likeness (QED) is 0.807. The maximum atomic E-state index is 3.77. The van der Waals surface area contributed by atoms with Crippen LogP contribution in [0, 0.1) is 29.6 Å². The molecule has 0 aromatic heterocycles. The third-order valence-electron chi connectivity index (χ3n) is 6.44. The van der Waals surface area contributed by atoms with E-state index in [-0.39, 0.29) is 0 Å². The molecule has 0 radical (unpaired) electrons. The fraction of sp³-hybridized carbons (Fsp3) is 1.00. The Morgan fingerprint density at radius 2 is 1.67 bits per heavy atom. The number of likely N-dealkylation sites (N-methyl/N-ethyl adjacent to an activating group) is 1. The van der Waals surface area contributed by atoms with Crippen molar-refractivity contribution in [1.82, 2.24) is 10.2 Å². The lowest BCUT2D eigenvalue weighted by atomic mass is 9.51. The zero-order valence-corrected chi connectivity index (χ0v) is 11.8. The van der Waals surface area contributed by atoms with Crippen molar-refractivity contribution in [2.24, 2.45) is 29.6 Å². The Bertz CT molecular complexity index is 286. The molecule has 0 aromatic carbocycles. The minimum Gasteiger partial charge on any atom is -0.311 e. The molecular weight excluding hydrogens is 220 g/mol. The SMILES string of the molecule is CN1CCNC(CC2C3CC4CC(C3)CC2C4)C1. The van der Waals surface area contributed by atoms with E-state index in [2.05, 4.69) is 17.3 Å². The Morgan fingerprint density at radius 1 is 1.00 bits per heavy atom. The number of nitrogens with zero attached hydrogens (tertiary/aromatic N) is 1. The van der Waals surface area contributed by atoms with E-state index in [1.54, 1.807) is 32.1 Å². The van der Waals surface area contributed by atoms with Gasteiger partial charge in [0, 0.05) is 25.7 Å². The van der Waals surface area contributed by atoms with E-state index in [0.717, 1.165) is 35.6 Å². The maximum absolute atomic E-state index is 3.77. The molecule has 0 amide bonds. The minimum absolute atomic E-state index is 0.784. The van der Waals surface area contributed by atoms with Crippen LogP contribution in [-0.4, -0.2) is 37.6 Å². The monoisotopic (exact) mass is 248 g/mol. The first-order valence-electron chi connectivity index (χ1n) is 8.20. The Morgan fingerprint density at radius 3 is 2.28 bits per heavy atom. The average Bonchev–Trinajstić information content (AvgIpc) is 2.33. The second-order valence-corrected chi connectivity index (χ2v) is 7.74. The molecule has 1 saturated heterocycles. The first-order chi connectivity index (χ1) is 8.78. The number of hydrogen-bond donors (Lipinski definition) is 1. The van der Waals surface area contributed by atoms with Crippen LogP contribution in [0.1, 0.15) is 38.5 Å². The van der Waals surface area contributed by atoms with Crippen molar-refractivity contribution in [1.29, 1.82) is 0 Å². The molecule has 18 heavy (non-hydrogen) atoms. The van der Waals surface area contributed by atoms with Gasteiger partial charge in [-0.2, -0.15) is 0 Å². The molecule has 1 atom stereocenters. The lowest BCUT2D eigenvalue weighted by Gasteiger charge is -2.55. The van der Waals surface area contributed by atoms with Crippen LogP contribution in [0.5, 0.6) is 0 Å². The van der Waals surface area contributed by atoms with Crippen molar-refractivity contribution in [3.63, 3.8) is 0 Å². The first-order valence-corrected chi connectivity index (χ1v) is 8.20. The van der Waals surface area contributed by atoms with Gasteiger partial charge >= 0.3 is 0 Å². The summed E-state index contributed by atoms with van der Waals surface area (Å²) in [4.78, 5) is 2.51. The zero-order valence-electron chi connectivity index (χ0n) is 11.8. The first kappa shape index (κ1) is 11.7. The Labute approximate surface area is 111 Å². The fourth-order valence-electron chi connectivity index (χ4n) is 5.90. The summed E-state index contributed by atoms with van der Waals surface area (Å²) in [6.45, 7) is 3.72. The van der Waals surface area contributed by atoms with E-state index in [1.807, 2.05) is 0 Å². The molecule has 5 fully saturated rings. The summed E-state index contributed by atoms with van der Waals surface area (Å²) in [7, 11) is 2.28. The Hall–Kier alpha value is -0.0800. The summed E-state index contributed by atoms with van der Waals surface area (Å²) < 4.78 is 0. The third kappa shape index (κ3) is 2.02. The van der Waals surface area contributed by atoms with Crippen molar-refractivity contribution in [3.05, 3.63) is 0 Å². The molecule has 1 unspecified atom stereocenters. The van der Waals surface area contributed by atoms with Gasteiger partial charge in [-0.25, -0.2) is 0 Å². The van der Waals surface area contributed by atoms with E-state index in [0.29, 0.717) is 0 Å². The van der Waals surface area contributed by atoms with Crippen molar-refractivity contribution >= 4 is 0 Å². The van der Waals surface area contributed by atoms with Crippen molar-refractivity contribution in [2.45, 2.75) is 44.6 Å². The highest BCUT2D eigenvalue weighted by Crippen LogP contribution is 2.57. The second kappa shape index (κ2) is 4.49. The highest BCUT2D eigenvalue weighted by Gasteiger charge is 2.48. The highest BCUT2D eigenvalue weighted by atomic mass is 15.2. The van der Waals surface area contributed by atoms with Crippen LogP contribution in [0.25, 0.3) is 0 Å². The van der Waals surface area contributed by atoms with Gasteiger partial charge in [0.1, 0.15) is 0 Å². The zero-order chi connectivity index (χ0) is 12.1. The molecule has 1 heterocycles.